The quantitative estimate of drug-likeness (QED) is 0.641. The van der Waals surface area contributed by atoms with Gasteiger partial charge in [0, 0.05) is 56.9 Å². The Morgan fingerprint density at radius 1 is 0.828 bits per heavy atom. The van der Waals surface area contributed by atoms with E-state index in [1.807, 2.05) is 0 Å². The third-order valence-electron chi connectivity index (χ3n) is 7.12. The van der Waals surface area contributed by atoms with Crippen LogP contribution < -0.4 is 0 Å². The van der Waals surface area contributed by atoms with Crippen molar-refractivity contribution >= 4 is 0 Å². The highest BCUT2D eigenvalue weighted by molar-refractivity contribution is 4.91. The molecule has 6 nitrogen and oxygen atoms in total. The number of morpholine rings is 3. The Morgan fingerprint density at radius 2 is 1.48 bits per heavy atom. The van der Waals surface area contributed by atoms with Gasteiger partial charge >= 0.3 is 0 Å². The summed E-state index contributed by atoms with van der Waals surface area (Å²) in [5.41, 5.74) is 0.128. The number of ether oxygens (including phenoxy) is 3. The molecule has 0 spiro atoms. The van der Waals surface area contributed by atoms with Crippen molar-refractivity contribution in [1.29, 1.82) is 0 Å². The van der Waals surface area contributed by atoms with Crippen molar-refractivity contribution in [2.45, 2.75) is 90.3 Å². The Kier molecular flexibility index (Phi) is 8.38. The Labute approximate surface area is 178 Å². The van der Waals surface area contributed by atoms with Crippen molar-refractivity contribution in [3.05, 3.63) is 0 Å². The fourth-order valence-corrected chi connectivity index (χ4v) is 5.21. The second-order valence-electron chi connectivity index (χ2n) is 10.3. The van der Waals surface area contributed by atoms with Crippen LogP contribution in [0.2, 0.25) is 0 Å². The molecular weight excluding hydrogens is 366 g/mol. The van der Waals surface area contributed by atoms with Crippen molar-refractivity contribution in [1.82, 2.24) is 14.7 Å². The molecule has 29 heavy (non-hydrogen) atoms. The maximum absolute atomic E-state index is 6.19. The number of hydrogen-bond acceptors (Lipinski definition) is 6. The van der Waals surface area contributed by atoms with Gasteiger partial charge in [0.15, 0.2) is 0 Å². The molecule has 0 aliphatic carbocycles. The second-order valence-corrected chi connectivity index (χ2v) is 10.3. The molecule has 3 rings (SSSR count). The third-order valence-corrected chi connectivity index (χ3v) is 7.12. The maximum atomic E-state index is 6.19. The summed E-state index contributed by atoms with van der Waals surface area (Å²) in [4.78, 5) is 7.77. The fraction of sp³-hybridized carbons (Fsp3) is 1.00. The summed E-state index contributed by atoms with van der Waals surface area (Å²) in [5.74, 6) is 0. The Morgan fingerprint density at radius 3 is 2.21 bits per heavy atom. The van der Waals surface area contributed by atoms with Crippen molar-refractivity contribution in [3.8, 4) is 0 Å². The molecule has 0 bridgehead atoms. The highest BCUT2D eigenvalue weighted by Crippen LogP contribution is 2.28. The smallest absolute Gasteiger partial charge is 0.0720 e. The number of nitrogens with zero attached hydrogens (tertiary/aromatic N) is 3. The van der Waals surface area contributed by atoms with E-state index in [0.717, 1.165) is 71.9 Å². The van der Waals surface area contributed by atoms with Crippen LogP contribution in [-0.4, -0.2) is 110 Å². The highest BCUT2D eigenvalue weighted by Gasteiger charge is 2.36. The van der Waals surface area contributed by atoms with Gasteiger partial charge in [-0.15, -0.1) is 0 Å². The van der Waals surface area contributed by atoms with E-state index in [1.54, 1.807) is 0 Å². The molecular formula is C23H45N3O3. The predicted octanol–water partition coefficient (Wildman–Crippen LogP) is 2.46. The first-order valence-corrected chi connectivity index (χ1v) is 11.8. The number of hydrogen-bond donors (Lipinski definition) is 0. The van der Waals surface area contributed by atoms with Gasteiger partial charge in [0.25, 0.3) is 0 Å². The van der Waals surface area contributed by atoms with E-state index < -0.39 is 0 Å². The molecule has 3 saturated heterocycles. The van der Waals surface area contributed by atoms with Crippen LogP contribution in [0.4, 0.5) is 0 Å². The zero-order chi connectivity index (χ0) is 21.0. The lowest BCUT2D eigenvalue weighted by Gasteiger charge is -2.47. The van der Waals surface area contributed by atoms with Crippen molar-refractivity contribution in [3.63, 3.8) is 0 Å². The largest absolute Gasteiger partial charge is 0.376 e. The van der Waals surface area contributed by atoms with Gasteiger partial charge in [0.05, 0.1) is 38.1 Å². The molecule has 0 amide bonds. The van der Waals surface area contributed by atoms with Crippen LogP contribution in [0.5, 0.6) is 0 Å². The van der Waals surface area contributed by atoms with E-state index in [1.165, 1.54) is 0 Å². The summed E-state index contributed by atoms with van der Waals surface area (Å²) in [7, 11) is 0. The topological polar surface area (TPSA) is 37.4 Å². The highest BCUT2D eigenvalue weighted by atomic mass is 16.5. The van der Waals surface area contributed by atoms with Gasteiger partial charge in [-0.1, -0.05) is 0 Å². The van der Waals surface area contributed by atoms with E-state index in [0.29, 0.717) is 30.4 Å². The van der Waals surface area contributed by atoms with E-state index >= 15 is 0 Å². The van der Waals surface area contributed by atoms with Gasteiger partial charge in [0.1, 0.15) is 0 Å². The summed E-state index contributed by atoms with van der Waals surface area (Å²) in [6.45, 7) is 22.7. The molecule has 3 fully saturated rings. The van der Waals surface area contributed by atoms with E-state index in [9.17, 15) is 0 Å². The third kappa shape index (κ3) is 6.62. The average molecular weight is 412 g/mol. The van der Waals surface area contributed by atoms with Crippen LogP contribution in [0.1, 0.15) is 54.4 Å². The first kappa shape index (κ1) is 23.4. The van der Waals surface area contributed by atoms with Crippen LogP contribution in [0.15, 0.2) is 0 Å². The molecule has 0 aromatic carbocycles. The van der Waals surface area contributed by atoms with E-state index in [4.69, 9.17) is 14.2 Å². The summed E-state index contributed by atoms with van der Waals surface area (Å²) in [6.07, 6.45) is 3.17. The summed E-state index contributed by atoms with van der Waals surface area (Å²) >= 11 is 0. The molecule has 3 aliphatic heterocycles. The zero-order valence-electron chi connectivity index (χ0n) is 19.7. The zero-order valence-corrected chi connectivity index (χ0v) is 19.7. The van der Waals surface area contributed by atoms with Gasteiger partial charge in [-0.3, -0.25) is 14.7 Å². The van der Waals surface area contributed by atoms with Crippen LogP contribution in [0, 0.1) is 0 Å². The van der Waals surface area contributed by atoms with Crippen molar-refractivity contribution in [2.75, 3.05) is 59.1 Å². The molecule has 0 aromatic rings. The molecule has 0 radical (unpaired) electrons. The van der Waals surface area contributed by atoms with Crippen LogP contribution in [0.3, 0.4) is 0 Å². The van der Waals surface area contributed by atoms with Crippen molar-refractivity contribution in [2.24, 2.45) is 0 Å². The minimum atomic E-state index is 0.128. The fourth-order valence-electron chi connectivity index (χ4n) is 5.21. The summed E-state index contributed by atoms with van der Waals surface area (Å²) in [5, 5.41) is 0. The lowest BCUT2D eigenvalue weighted by molar-refractivity contribution is -0.102. The minimum absolute atomic E-state index is 0.128. The second kappa shape index (κ2) is 10.4. The van der Waals surface area contributed by atoms with Gasteiger partial charge < -0.3 is 14.2 Å². The molecule has 170 valence electrons. The normalized spacial score (nSPS) is 32.6. The SMILES string of the molecule is CC(C)N1CCOC(CC(C)(C)N2CCO[C@@H](CC(C)N3CCO[C@H](C)C3)C2)C1. The number of rotatable bonds is 7. The molecule has 3 aliphatic rings. The molecule has 6 heteroatoms. The van der Waals surface area contributed by atoms with E-state index in [2.05, 4.69) is 56.2 Å². The van der Waals surface area contributed by atoms with Gasteiger partial charge in [-0.2, -0.15) is 0 Å². The lowest BCUT2D eigenvalue weighted by atomic mass is 9.92. The van der Waals surface area contributed by atoms with Gasteiger partial charge in [0.2, 0.25) is 0 Å². The molecule has 0 aromatic heterocycles. The first-order valence-electron chi connectivity index (χ1n) is 11.8. The molecule has 0 N–H and O–H groups in total. The Balaban J connectivity index is 1.50. The van der Waals surface area contributed by atoms with Crippen molar-refractivity contribution < 1.29 is 14.2 Å². The van der Waals surface area contributed by atoms with Crippen LogP contribution >= 0.6 is 0 Å². The maximum Gasteiger partial charge on any atom is 0.0720 e. The summed E-state index contributed by atoms with van der Waals surface area (Å²) in [6, 6.07) is 1.14. The van der Waals surface area contributed by atoms with E-state index in [-0.39, 0.29) is 5.54 Å². The van der Waals surface area contributed by atoms with Gasteiger partial charge in [-0.05, 0) is 54.4 Å². The predicted molar refractivity (Wildman–Crippen MR) is 118 cm³/mol. The van der Waals surface area contributed by atoms with Crippen LogP contribution in [-0.2, 0) is 14.2 Å². The van der Waals surface area contributed by atoms with Gasteiger partial charge in [-0.25, -0.2) is 0 Å². The summed E-state index contributed by atoms with van der Waals surface area (Å²) < 4.78 is 18.0. The average Bonchev–Trinajstić information content (AvgIpc) is 2.68. The Hall–Kier alpha value is -0.240. The molecule has 4 atom stereocenters. The minimum Gasteiger partial charge on any atom is -0.376 e. The lowest BCUT2D eigenvalue weighted by Crippen LogP contribution is -2.57. The molecule has 2 unspecified atom stereocenters. The molecule has 0 saturated carbocycles. The standard InChI is InChI=1S/C23H45N3O3/c1-18(2)24-7-11-29-22(16-24)14-23(5,6)26-9-12-28-21(17-26)13-19(3)25-8-10-27-20(4)15-25/h18-22H,7-17H2,1-6H3/t19?,20-,21+,22?/m1/s1. The monoisotopic (exact) mass is 411 g/mol. The first-order chi connectivity index (χ1) is 13.7. The Bertz CT molecular complexity index is 502. The van der Waals surface area contributed by atoms with Crippen LogP contribution in [0.25, 0.3) is 0 Å². The molecule has 3 heterocycles.